The smallest absolute Gasteiger partial charge is 0.242 e. The van der Waals surface area contributed by atoms with E-state index in [1.54, 1.807) is 0 Å². The second-order valence-electron chi connectivity index (χ2n) is 9.40. The van der Waals surface area contributed by atoms with Crippen LogP contribution in [0.2, 0.25) is 0 Å². The lowest BCUT2D eigenvalue weighted by molar-refractivity contribution is -0.147. The largest absolute Gasteiger partial charge is 0.339 e. The molecule has 2 aliphatic heterocycles. The minimum atomic E-state index is -0.201. The highest BCUT2D eigenvalue weighted by Crippen LogP contribution is 2.38. The highest BCUT2D eigenvalue weighted by atomic mass is 16.2. The molecule has 2 atom stereocenters. The van der Waals surface area contributed by atoms with Crippen LogP contribution in [0.3, 0.4) is 0 Å². The zero-order chi connectivity index (χ0) is 22.8. The van der Waals surface area contributed by atoms with E-state index in [1.165, 1.54) is 16.0 Å². The van der Waals surface area contributed by atoms with E-state index in [9.17, 15) is 14.4 Å². The molecule has 3 amide bonds. The van der Waals surface area contributed by atoms with Crippen LogP contribution in [0.25, 0.3) is 0 Å². The molecule has 2 aromatic rings. The first kappa shape index (κ1) is 21.8. The third-order valence-corrected chi connectivity index (χ3v) is 7.49. The maximum atomic E-state index is 13.0. The number of piperazine rings is 1. The van der Waals surface area contributed by atoms with Crippen molar-refractivity contribution in [3.8, 4) is 0 Å². The predicted molar refractivity (Wildman–Crippen MR) is 125 cm³/mol. The van der Waals surface area contributed by atoms with E-state index in [4.69, 9.17) is 0 Å². The number of carbonyl (C=O) groups excluding carboxylic acids is 3. The molecular formula is C27H31N3O3. The number of likely N-dealkylation sites (tertiary alicyclic amines) is 1. The summed E-state index contributed by atoms with van der Waals surface area (Å²) in [6.45, 7) is 2.57. The number of carbonyl (C=O) groups is 3. The van der Waals surface area contributed by atoms with Crippen LogP contribution in [0.15, 0.2) is 60.7 Å². The third kappa shape index (κ3) is 4.32. The highest BCUT2D eigenvalue weighted by Gasteiger charge is 2.48. The van der Waals surface area contributed by atoms with Gasteiger partial charge in [0.2, 0.25) is 17.7 Å². The number of rotatable bonds is 5. The molecule has 2 saturated heterocycles. The lowest BCUT2D eigenvalue weighted by atomic mass is 9.81. The van der Waals surface area contributed by atoms with E-state index in [-0.39, 0.29) is 42.1 Å². The van der Waals surface area contributed by atoms with Crippen LogP contribution in [0, 0.1) is 11.8 Å². The minimum absolute atomic E-state index is 0.106. The van der Waals surface area contributed by atoms with Gasteiger partial charge in [-0.1, -0.05) is 73.5 Å². The van der Waals surface area contributed by atoms with E-state index in [2.05, 4.69) is 53.4 Å². The van der Waals surface area contributed by atoms with Gasteiger partial charge in [-0.2, -0.15) is 0 Å². The predicted octanol–water partition coefficient (Wildman–Crippen LogP) is 3.10. The van der Waals surface area contributed by atoms with Crippen molar-refractivity contribution < 1.29 is 14.4 Å². The van der Waals surface area contributed by atoms with Gasteiger partial charge >= 0.3 is 0 Å². The van der Waals surface area contributed by atoms with Gasteiger partial charge in [0.05, 0.1) is 17.9 Å². The minimum Gasteiger partial charge on any atom is -0.339 e. The second kappa shape index (κ2) is 9.48. The standard InChI is InChI=1S/C27H31N3O3/c31-24(19-30-26(32)22-13-7-8-14-23(22)27(30)33)28-15-17-29(18-16-28)25(20-9-3-1-4-10-20)21-11-5-2-6-12-21/h1-6,9-12,22-23,25H,7-8,13-19H2/t22-,23-/m1/s1. The Morgan fingerprint density at radius 3 is 1.73 bits per heavy atom. The van der Waals surface area contributed by atoms with E-state index in [0.717, 1.165) is 38.8 Å². The van der Waals surface area contributed by atoms with Crippen molar-refractivity contribution in [1.29, 1.82) is 0 Å². The molecule has 3 fully saturated rings. The molecule has 0 unspecified atom stereocenters. The van der Waals surface area contributed by atoms with Gasteiger partial charge in [0, 0.05) is 26.2 Å². The van der Waals surface area contributed by atoms with Crippen molar-refractivity contribution in [2.45, 2.75) is 31.7 Å². The monoisotopic (exact) mass is 445 g/mol. The van der Waals surface area contributed by atoms with Crippen molar-refractivity contribution in [1.82, 2.24) is 14.7 Å². The Labute approximate surface area is 195 Å². The SMILES string of the molecule is O=C(CN1C(=O)[C@@H]2CCCC[C@H]2C1=O)N1CCN(C(c2ccccc2)c2ccccc2)CC1. The molecule has 6 nitrogen and oxygen atoms in total. The molecule has 172 valence electrons. The fourth-order valence-electron chi connectivity index (χ4n) is 5.74. The van der Waals surface area contributed by atoms with Crippen LogP contribution in [0.1, 0.15) is 42.9 Å². The number of amides is 3. The highest BCUT2D eigenvalue weighted by molar-refractivity contribution is 6.07. The van der Waals surface area contributed by atoms with Crippen LogP contribution >= 0.6 is 0 Å². The Bertz CT molecular complexity index is 938. The Morgan fingerprint density at radius 2 is 1.24 bits per heavy atom. The van der Waals surface area contributed by atoms with Crippen molar-refractivity contribution in [2.24, 2.45) is 11.8 Å². The summed E-state index contributed by atoms with van der Waals surface area (Å²) < 4.78 is 0. The van der Waals surface area contributed by atoms with Crippen molar-refractivity contribution >= 4 is 17.7 Å². The van der Waals surface area contributed by atoms with E-state index in [1.807, 2.05) is 17.0 Å². The molecule has 0 radical (unpaired) electrons. The zero-order valence-corrected chi connectivity index (χ0v) is 18.9. The van der Waals surface area contributed by atoms with Crippen LogP contribution in [-0.2, 0) is 14.4 Å². The van der Waals surface area contributed by atoms with Gasteiger partial charge < -0.3 is 4.90 Å². The van der Waals surface area contributed by atoms with Crippen molar-refractivity contribution in [3.63, 3.8) is 0 Å². The number of fused-ring (bicyclic) bond motifs is 1. The molecule has 1 saturated carbocycles. The fraction of sp³-hybridized carbons (Fsp3) is 0.444. The number of hydrogen-bond acceptors (Lipinski definition) is 4. The summed E-state index contributed by atoms with van der Waals surface area (Å²) in [6, 6.07) is 21.0. The van der Waals surface area contributed by atoms with Gasteiger partial charge in [-0.3, -0.25) is 24.2 Å². The maximum Gasteiger partial charge on any atom is 0.242 e. The molecular weight excluding hydrogens is 414 g/mol. The Balaban J connectivity index is 1.24. The third-order valence-electron chi connectivity index (χ3n) is 7.49. The maximum absolute atomic E-state index is 13.0. The lowest BCUT2D eigenvalue weighted by Gasteiger charge is -2.40. The number of nitrogens with zero attached hydrogens (tertiary/aromatic N) is 3. The van der Waals surface area contributed by atoms with E-state index in [0.29, 0.717) is 13.1 Å². The van der Waals surface area contributed by atoms with Crippen LogP contribution in [-0.4, -0.2) is 65.1 Å². The van der Waals surface area contributed by atoms with Crippen molar-refractivity contribution in [2.75, 3.05) is 32.7 Å². The summed E-state index contributed by atoms with van der Waals surface area (Å²) >= 11 is 0. The van der Waals surface area contributed by atoms with Crippen LogP contribution < -0.4 is 0 Å². The summed E-state index contributed by atoms with van der Waals surface area (Å²) in [6.07, 6.45) is 3.54. The molecule has 6 heteroatoms. The second-order valence-corrected chi connectivity index (χ2v) is 9.40. The molecule has 3 aliphatic rings. The first-order valence-electron chi connectivity index (χ1n) is 12.1. The lowest BCUT2D eigenvalue weighted by Crippen LogP contribution is -2.52. The van der Waals surface area contributed by atoms with Gasteiger partial charge in [0.1, 0.15) is 6.54 Å². The molecule has 2 heterocycles. The quantitative estimate of drug-likeness (QED) is 0.664. The van der Waals surface area contributed by atoms with Gasteiger partial charge in [-0.15, -0.1) is 0 Å². The number of benzene rings is 2. The van der Waals surface area contributed by atoms with Crippen molar-refractivity contribution in [3.05, 3.63) is 71.8 Å². The normalized spacial score (nSPS) is 23.8. The topological polar surface area (TPSA) is 60.9 Å². The van der Waals surface area contributed by atoms with E-state index < -0.39 is 0 Å². The number of hydrogen-bond donors (Lipinski definition) is 0. The van der Waals surface area contributed by atoms with E-state index >= 15 is 0 Å². The number of imide groups is 1. The molecule has 0 N–H and O–H groups in total. The summed E-state index contributed by atoms with van der Waals surface area (Å²) in [7, 11) is 0. The molecule has 0 bridgehead atoms. The van der Waals surface area contributed by atoms with Gasteiger partial charge in [0.15, 0.2) is 0 Å². The molecule has 0 aromatic heterocycles. The van der Waals surface area contributed by atoms with Gasteiger partial charge in [0.25, 0.3) is 0 Å². The van der Waals surface area contributed by atoms with Crippen LogP contribution in [0.5, 0.6) is 0 Å². The summed E-state index contributed by atoms with van der Waals surface area (Å²) in [5.41, 5.74) is 2.47. The molecule has 2 aromatic carbocycles. The summed E-state index contributed by atoms with van der Waals surface area (Å²) in [5, 5.41) is 0. The Hall–Kier alpha value is -2.99. The van der Waals surface area contributed by atoms with Gasteiger partial charge in [-0.25, -0.2) is 0 Å². The van der Waals surface area contributed by atoms with Crippen LogP contribution in [0.4, 0.5) is 0 Å². The summed E-state index contributed by atoms with van der Waals surface area (Å²) in [4.78, 5) is 44.0. The van der Waals surface area contributed by atoms with Gasteiger partial charge in [-0.05, 0) is 24.0 Å². The summed E-state index contributed by atoms with van der Waals surface area (Å²) in [5.74, 6) is -0.789. The molecule has 33 heavy (non-hydrogen) atoms. The average Bonchev–Trinajstić information content (AvgIpc) is 3.11. The zero-order valence-electron chi connectivity index (χ0n) is 18.9. The first-order valence-corrected chi connectivity index (χ1v) is 12.1. The Kier molecular flexibility index (Phi) is 6.27. The average molecular weight is 446 g/mol. The molecule has 5 rings (SSSR count). The molecule has 1 aliphatic carbocycles. The first-order chi connectivity index (χ1) is 16.1. The fourth-order valence-corrected chi connectivity index (χ4v) is 5.74. The Morgan fingerprint density at radius 1 is 0.758 bits per heavy atom. The molecule has 0 spiro atoms.